The van der Waals surface area contributed by atoms with Crippen molar-refractivity contribution in [1.29, 1.82) is 0 Å². The number of piperidine rings is 1. The Labute approximate surface area is 86.2 Å². The maximum absolute atomic E-state index is 11.6. The minimum Gasteiger partial charge on any atom is -0.459 e. The molecule has 0 spiro atoms. The van der Waals surface area contributed by atoms with Gasteiger partial charge >= 0.3 is 5.97 Å². The predicted molar refractivity (Wildman–Crippen MR) is 56.0 cm³/mol. The van der Waals surface area contributed by atoms with Gasteiger partial charge in [-0.25, -0.2) is 0 Å². The molecule has 1 N–H and O–H groups in total. The molecule has 0 aliphatic carbocycles. The Morgan fingerprint density at radius 2 is 2.00 bits per heavy atom. The molecule has 0 bridgehead atoms. The summed E-state index contributed by atoms with van der Waals surface area (Å²) in [6.07, 6.45) is 2.01. The summed E-state index contributed by atoms with van der Waals surface area (Å²) in [5.74, 6) is 0.568. The quantitative estimate of drug-likeness (QED) is 0.653. The van der Waals surface area contributed by atoms with E-state index in [1.165, 1.54) is 0 Å². The normalized spacial score (nSPS) is 28.6. The largest absolute Gasteiger partial charge is 0.459 e. The van der Waals surface area contributed by atoms with Crippen molar-refractivity contribution in [2.24, 2.45) is 5.92 Å². The van der Waals surface area contributed by atoms with Gasteiger partial charge in [0.15, 0.2) is 0 Å². The highest BCUT2D eigenvalue weighted by atomic mass is 16.6. The molecule has 0 aromatic rings. The van der Waals surface area contributed by atoms with Crippen LogP contribution < -0.4 is 5.32 Å². The highest BCUT2D eigenvalue weighted by molar-refractivity contribution is 5.76. The molecule has 1 heterocycles. The number of hydrogen-bond donors (Lipinski definition) is 1. The van der Waals surface area contributed by atoms with E-state index in [0.717, 1.165) is 19.4 Å². The molecular formula is C11H21NO2. The van der Waals surface area contributed by atoms with Gasteiger partial charge in [0, 0.05) is 0 Å². The fourth-order valence-electron chi connectivity index (χ4n) is 1.57. The third-order valence-corrected chi connectivity index (χ3v) is 2.35. The van der Waals surface area contributed by atoms with Crippen molar-refractivity contribution in [3.05, 3.63) is 0 Å². The summed E-state index contributed by atoms with van der Waals surface area (Å²) in [4.78, 5) is 11.6. The standard InChI is InChI=1S/C11H21NO2/c1-8-5-6-9(12-7-8)10(13)14-11(2,3)4/h8-9,12H,5-7H2,1-4H3/t8-,9-/m1/s1. The summed E-state index contributed by atoms with van der Waals surface area (Å²) in [7, 11) is 0. The third-order valence-electron chi connectivity index (χ3n) is 2.35. The zero-order chi connectivity index (χ0) is 10.8. The van der Waals surface area contributed by atoms with Crippen molar-refractivity contribution in [2.75, 3.05) is 6.54 Å². The van der Waals surface area contributed by atoms with Crippen molar-refractivity contribution in [3.63, 3.8) is 0 Å². The fourth-order valence-corrected chi connectivity index (χ4v) is 1.57. The number of nitrogens with one attached hydrogen (secondary N) is 1. The Morgan fingerprint density at radius 3 is 2.43 bits per heavy atom. The fraction of sp³-hybridized carbons (Fsp3) is 0.909. The molecule has 1 aliphatic heterocycles. The Balaban J connectivity index is 2.38. The van der Waals surface area contributed by atoms with Crippen LogP contribution in [0.1, 0.15) is 40.5 Å². The molecule has 0 saturated carbocycles. The van der Waals surface area contributed by atoms with Gasteiger partial charge in [-0.3, -0.25) is 4.79 Å². The van der Waals surface area contributed by atoms with E-state index in [2.05, 4.69) is 12.2 Å². The predicted octanol–water partition coefficient (Wildman–Crippen LogP) is 1.72. The third kappa shape index (κ3) is 3.66. The Morgan fingerprint density at radius 1 is 1.36 bits per heavy atom. The molecule has 1 saturated heterocycles. The van der Waals surface area contributed by atoms with Gasteiger partial charge in [-0.05, 0) is 46.1 Å². The molecule has 3 heteroatoms. The van der Waals surface area contributed by atoms with E-state index in [1.54, 1.807) is 0 Å². The maximum Gasteiger partial charge on any atom is 0.323 e. The highest BCUT2D eigenvalue weighted by Gasteiger charge is 2.27. The summed E-state index contributed by atoms with van der Waals surface area (Å²) in [5, 5.41) is 3.22. The van der Waals surface area contributed by atoms with Crippen LogP contribution in [0.2, 0.25) is 0 Å². The number of carbonyl (C=O) groups excluding carboxylic acids is 1. The van der Waals surface area contributed by atoms with Crippen LogP contribution in [0.25, 0.3) is 0 Å². The van der Waals surface area contributed by atoms with E-state index in [0.29, 0.717) is 5.92 Å². The maximum atomic E-state index is 11.6. The van der Waals surface area contributed by atoms with Crippen molar-refractivity contribution >= 4 is 5.97 Å². The van der Waals surface area contributed by atoms with Gasteiger partial charge in [0.05, 0.1) is 0 Å². The van der Waals surface area contributed by atoms with Crippen molar-refractivity contribution in [3.8, 4) is 0 Å². The van der Waals surface area contributed by atoms with Gasteiger partial charge in [-0.15, -0.1) is 0 Å². The first-order valence-electron chi connectivity index (χ1n) is 5.35. The van der Waals surface area contributed by atoms with Crippen molar-refractivity contribution in [2.45, 2.75) is 52.2 Å². The minimum atomic E-state index is -0.373. The molecule has 1 aliphatic rings. The monoisotopic (exact) mass is 199 g/mol. The number of esters is 1. The minimum absolute atomic E-state index is 0.0922. The molecule has 1 rings (SSSR count). The Hall–Kier alpha value is -0.570. The smallest absolute Gasteiger partial charge is 0.323 e. The van der Waals surface area contributed by atoms with Gasteiger partial charge in [0.1, 0.15) is 11.6 Å². The van der Waals surface area contributed by atoms with Gasteiger partial charge in [0.2, 0.25) is 0 Å². The lowest BCUT2D eigenvalue weighted by atomic mass is 9.96. The number of hydrogen-bond acceptors (Lipinski definition) is 3. The van der Waals surface area contributed by atoms with Crippen LogP contribution in [0, 0.1) is 5.92 Å². The number of ether oxygens (including phenoxy) is 1. The molecule has 3 nitrogen and oxygen atoms in total. The van der Waals surface area contributed by atoms with Gasteiger partial charge in [-0.1, -0.05) is 6.92 Å². The van der Waals surface area contributed by atoms with Gasteiger partial charge in [-0.2, -0.15) is 0 Å². The van der Waals surface area contributed by atoms with Crippen LogP contribution in [0.3, 0.4) is 0 Å². The molecule has 0 radical (unpaired) electrons. The van der Waals surface area contributed by atoms with E-state index < -0.39 is 0 Å². The molecule has 0 unspecified atom stereocenters. The SMILES string of the molecule is C[C@@H]1CC[C@H](C(=O)OC(C)(C)C)NC1. The van der Waals surface area contributed by atoms with Gasteiger partial charge < -0.3 is 10.1 Å². The molecule has 0 aromatic carbocycles. The van der Waals surface area contributed by atoms with Crippen LogP contribution >= 0.6 is 0 Å². The van der Waals surface area contributed by atoms with Crippen molar-refractivity contribution < 1.29 is 9.53 Å². The topological polar surface area (TPSA) is 38.3 Å². The second-order valence-electron chi connectivity index (χ2n) is 5.18. The molecule has 0 aromatic heterocycles. The first-order valence-corrected chi connectivity index (χ1v) is 5.35. The summed E-state index contributed by atoms with van der Waals surface area (Å²) in [6, 6.07) is -0.0922. The average molecular weight is 199 g/mol. The molecule has 0 amide bonds. The second kappa shape index (κ2) is 4.30. The lowest BCUT2D eigenvalue weighted by Gasteiger charge is -2.29. The average Bonchev–Trinajstić information content (AvgIpc) is 2.02. The van der Waals surface area contributed by atoms with Crippen LogP contribution in [0.5, 0.6) is 0 Å². The van der Waals surface area contributed by atoms with Gasteiger partial charge in [0.25, 0.3) is 0 Å². The number of carbonyl (C=O) groups is 1. The van der Waals surface area contributed by atoms with E-state index >= 15 is 0 Å². The van der Waals surface area contributed by atoms with E-state index in [-0.39, 0.29) is 17.6 Å². The zero-order valence-electron chi connectivity index (χ0n) is 9.59. The zero-order valence-corrected chi connectivity index (χ0v) is 9.59. The van der Waals surface area contributed by atoms with Crippen LogP contribution in [0.15, 0.2) is 0 Å². The number of rotatable bonds is 1. The highest BCUT2D eigenvalue weighted by Crippen LogP contribution is 2.16. The van der Waals surface area contributed by atoms with E-state index in [1.807, 2.05) is 20.8 Å². The Kier molecular flexibility index (Phi) is 3.53. The van der Waals surface area contributed by atoms with E-state index in [9.17, 15) is 4.79 Å². The molecule has 14 heavy (non-hydrogen) atoms. The summed E-state index contributed by atoms with van der Waals surface area (Å²) in [6.45, 7) is 8.81. The summed E-state index contributed by atoms with van der Waals surface area (Å²) in [5.41, 5.74) is -0.373. The lowest BCUT2D eigenvalue weighted by Crippen LogP contribution is -2.46. The molecule has 82 valence electrons. The van der Waals surface area contributed by atoms with Crippen molar-refractivity contribution in [1.82, 2.24) is 5.32 Å². The summed E-state index contributed by atoms with van der Waals surface area (Å²) < 4.78 is 5.31. The molecule has 2 atom stereocenters. The lowest BCUT2D eigenvalue weighted by molar-refractivity contribution is -0.158. The Bertz CT molecular complexity index is 200. The first kappa shape index (κ1) is 11.5. The second-order valence-corrected chi connectivity index (χ2v) is 5.18. The van der Waals surface area contributed by atoms with Crippen LogP contribution in [-0.2, 0) is 9.53 Å². The van der Waals surface area contributed by atoms with E-state index in [4.69, 9.17) is 4.74 Å². The first-order chi connectivity index (χ1) is 6.38. The van der Waals surface area contributed by atoms with Crippen LogP contribution in [0.4, 0.5) is 0 Å². The summed E-state index contributed by atoms with van der Waals surface area (Å²) >= 11 is 0. The molecular weight excluding hydrogens is 178 g/mol. The molecule has 1 fully saturated rings. The van der Waals surface area contributed by atoms with Crippen LogP contribution in [-0.4, -0.2) is 24.2 Å².